The first kappa shape index (κ1) is 22.6. The van der Waals surface area contributed by atoms with Gasteiger partial charge in [-0.05, 0) is 40.5 Å². The highest BCUT2D eigenvalue weighted by atomic mass is 35.5. The van der Waals surface area contributed by atoms with E-state index in [1.54, 1.807) is 24.3 Å². The Morgan fingerprint density at radius 3 is 1.74 bits per heavy atom. The monoisotopic (exact) mass is 524 g/mol. The van der Waals surface area contributed by atoms with Gasteiger partial charge in [-0.15, -0.1) is 23.2 Å². The molecule has 35 heavy (non-hydrogen) atoms. The summed E-state index contributed by atoms with van der Waals surface area (Å²) in [7, 11) is 0. The summed E-state index contributed by atoms with van der Waals surface area (Å²) in [6, 6.07) is 21.7. The minimum Gasteiger partial charge on any atom is -0.326 e. The molecule has 5 nitrogen and oxygen atoms in total. The molecule has 0 aromatic heterocycles. The van der Waals surface area contributed by atoms with Gasteiger partial charge >= 0.3 is 0 Å². The van der Waals surface area contributed by atoms with E-state index in [1.807, 2.05) is 48.5 Å². The van der Waals surface area contributed by atoms with Crippen LogP contribution in [0.2, 0.25) is 5.02 Å². The van der Waals surface area contributed by atoms with Gasteiger partial charge in [-0.1, -0.05) is 66.2 Å². The van der Waals surface area contributed by atoms with Crippen LogP contribution in [0.5, 0.6) is 0 Å². The van der Waals surface area contributed by atoms with Gasteiger partial charge in [0, 0.05) is 23.7 Å². The second-order valence-corrected chi connectivity index (χ2v) is 10.7. The van der Waals surface area contributed by atoms with Crippen molar-refractivity contribution in [3.05, 3.63) is 100 Å². The maximum absolute atomic E-state index is 13.7. The number of alkyl halides is 2. The molecule has 0 spiro atoms. The molecule has 1 N–H and O–H groups in total. The lowest BCUT2D eigenvalue weighted by Gasteiger charge is -2.54. The van der Waals surface area contributed by atoms with Crippen LogP contribution < -0.4 is 5.32 Å². The molecular weight excluding hydrogens is 507 g/mol. The number of imide groups is 1. The lowest BCUT2D eigenvalue weighted by atomic mass is 9.54. The van der Waals surface area contributed by atoms with Gasteiger partial charge in [-0.25, -0.2) is 0 Å². The third kappa shape index (κ3) is 2.98. The van der Waals surface area contributed by atoms with Gasteiger partial charge in [0.2, 0.25) is 17.7 Å². The highest BCUT2D eigenvalue weighted by Crippen LogP contribution is 2.69. The van der Waals surface area contributed by atoms with Gasteiger partial charge < -0.3 is 5.32 Å². The topological polar surface area (TPSA) is 66.5 Å². The molecule has 1 heterocycles. The van der Waals surface area contributed by atoms with E-state index in [2.05, 4.69) is 5.32 Å². The van der Waals surface area contributed by atoms with Gasteiger partial charge in [0.15, 0.2) is 0 Å². The van der Waals surface area contributed by atoms with E-state index in [-0.39, 0.29) is 18.9 Å². The normalized spacial score (nSPS) is 27.9. The Morgan fingerprint density at radius 1 is 0.800 bits per heavy atom. The van der Waals surface area contributed by atoms with Crippen LogP contribution in [0.15, 0.2) is 72.8 Å². The number of nitrogens with one attached hydrogen (secondary N) is 1. The molecule has 8 heteroatoms. The number of hydrogen-bond donors (Lipinski definition) is 1. The maximum atomic E-state index is 13.7. The minimum atomic E-state index is -1.22. The predicted octanol–water partition coefficient (Wildman–Crippen LogP) is 5.26. The summed E-state index contributed by atoms with van der Waals surface area (Å²) in [5.74, 6) is -2.87. The molecule has 2 atom stereocenters. The summed E-state index contributed by atoms with van der Waals surface area (Å²) in [6.07, 6.45) is -0.0616. The third-order valence-corrected chi connectivity index (χ3v) is 8.87. The molecule has 7 rings (SSSR count). The molecule has 0 saturated carbocycles. The SMILES string of the molecule is O=C(CCN1C(=O)[C@H]2[C@H](C1=O)C1(Cl)c3ccccc3C2(Cl)c2ccccc21)Nc1cccc(Cl)c1. The Labute approximate surface area is 217 Å². The summed E-state index contributed by atoms with van der Waals surface area (Å²) in [4.78, 5) is 38.8. The average Bonchev–Trinajstić information content (AvgIpc) is 3.12. The number of amides is 3. The highest BCUT2D eigenvalue weighted by molar-refractivity contribution is 6.36. The molecule has 1 fully saturated rings. The fourth-order valence-corrected chi connectivity index (χ4v) is 7.24. The number of hydrogen-bond acceptors (Lipinski definition) is 3. The molecule has 1 aliphatic heterocycles. The van der Waals surface area contributed by atoms with Crippen molar-refractivity contribution in [1.82, 2.24) is 4.90 Å². The van der Waals surface area contributed by atoms with E-state index < -0.39 is 33.4 Å². The Hall–Kier alpha value is -2.86. The van der Waals surface area contributed by atoms with E-state index in [0.29, 0.717) is 10.7 Å². The number of anilines is 1. The molecule has 3 amide bonds. The number of rotatable bonds is 4. The Balaban J connectivity index is 1.35. The maximum Gasteiger partial charge on any atom is 0.235 e. The van der Waals surface area contributed by atoms with E-state index in [1.165, 1.54) is 0 Å². The van der Waals surface area contributed by atoms with Gasteiger partial charge in [-0.3, -0.25) is 19.3 Å². The standard InChI is InChI=1S/C27H19Cl3N2O3/c28-15-6-5-7-16(14-15)31-21(33)12-13-32-24(34)22-23(25(32)35)27(30)18-9-2-1-8-17(18)26(22,29)19-10-3-4-11-20(19)27/h1-11,14,22-23H,12-13H2,(H,31,33)/t22-,23-,26?,27?/m1/s1. The fraction of sp³-hybridized carbons (Fsp3) is 0.222. The van der Waals surface area contributed by atoms with Crippen molar-refractivity contribution < 1.29 is 14.4 Å². The highest BCUT2D eigenvalue weighted by Gasteiger charge is 2.72. The van der Waals surface area contributed by atoms with Crippen molar-refractivity contribution in [2.75, 3.05) is 11.9 Å². The average molecular weight is 526 g/mol. The molecule has 3 aromatic carbocycles. The zero-order valence-corrected chi connectivity index (χ0v) is 20.6. The van der Waals surface area contributed by atoms with Crippen molar-refractivity contribution in [3.8, 4) is 0 Å². The largest absolute Gasteiger partial charge is 0.326 e. The first-order valence-electron chi connectivity index (χ1n) is 11.3. The van der Waals surface area contributed by atoms with Gasteiger partial charge in [0.05, 0.1) is 11.8 Å². The number of nitrogens with zero attached hydrogens (tertiary/aromatic N) is 1. The van der Waals surface area contributed by atoms with E-state index in [0.717, 1.165) is 27.2 Å². The molecule has 3 aliphatic carbocycles. The quantitative estimate of drug-likeness (QED) is 0.373. The molecule has 0 unspecified atom stereocenters. The van der Waals surface area contributed by atoms with Crippen LogP contribution in [0.4, 0.5) is 5.69 Å². The van der Waals surface area contributed by atoms with Crippen LogP contribution >= 0.6 is 34.8 Å². The zero-order valence-electron chi connectivity index (χ0n) is 18.3. The molecular formula is C27H19Cl3N2O3. The Bertz CT molecular complexity index is 1300. The van der Waals surface area contributed by atoms with Gasteiger partial charge in [-0.2, -0.15) is 0 Å². The van der Waals surface area contributed by atoms with Crippen molar-refractivity contribution in [3.63, 3.8) is 0 Å². The first-order valence-corrected chi connectivity index (χ1v) is 12.4. The summed E-state index contributed by atoms with van der Waals surface area (Å²) in [5.41, 5.74) is 3.53. The van der Waals surface area contributed by atoms with Crippen molar-refractivity contribution in [2.45, 2.75) is 16.2 Å². The zero-order chi connectivity index (χ0) is 24.5. The van der Waals surface area contributed by atoms with Crippen LogP contribution in [-0.4, -0.2) is 29.2 Å². The molecule has 176 valence electrons. The number of carbonyl (C=O) groups is 3. The van der Waals surface area contributed by atoms with E-state index >= 15 is 0 Å². The molecule has 2 bridgehead atoms. The second-order valence-electron chi connectivity index (χ2n) is 9.11. The number of likely N-dealkylation sites (tertiary alicyclic amines) is 1. The van der Waals surface area contributed by atoms with Crippen molar-refractivity contribution in [2.24, 2.45) is 11.8 Å². The Kier molecular flexibility index (Phi) is 5.05. The predicted molar refractivity (Wildman–Crippen MR) is 135 cm³/mol. The number of halogens is 3. The molecule has 3 aromatic rings. The van der Waals surface area contributed by atoms with Crippen molar-refractivity contribution >= 4 is 58.2 Å². The lowest BCUT2D eigenvalue weighted by molar-refractivity contribution is -0.140. The molecule has 0 radical (unpaired) electrons. The van der Waals surface area contributed by atoms with Crippen LogP contribution in [0.1, 0.15) is 28.7 Å². The minimum absolute atomic E-state index is 0.0616. The van der Waals surface area contributed by atoms with E-state index in [4.69, 9.17) is 34.8 Å². The third-order valence-electron chi connectivity index (χ3n) is 7.35. The first-order chi connectivity index (χ1) is 16.8. The fourth-order valence-electron chi connectivity index (χ4n) is 5.95. The van der Waals surface area contributed by atoms with Crippen molar-refractivity contribution in [1.29, 1.82) is 0 Å². The lowest BCUT2D eigenvalue weighted by Crippen LogP contribution is -2.57. The molecule has 1 saturated heterocycles. The second kappa shape index (κ2) is 7.82. The summed E-state index contributed by atoms with van der Waals surface area (Å²) in [6.45, 7) is -0.0658. The van der Waals surface area contributed by atoms with Gasteiger partial charge in [0.1, 0.15) is 9.75 Å². The summed E-state index contributed by atoms with van der Waals surface area (Å²) < 4.78 is 0. The number of carbonyl (C=O) groups excluding carboxylic acids is 3. The van der Waals surface area contributed by atoms with Crippen LogP contribution in [0, 0.1) is 11.8 Å². The van der Waals surface area contributed by atoms with Crippen LogP contribution in [-0.2, 0) is 24.1 Å². The van der Waals surface area contributed by atoms with E-state index in [9.17, 15) is 14.4 Å². The Morgan fingerprint density at radius 2 is 1.29 bits per heavy atom. The molecule has 4 aliphatic rings. The summed E-state index contributed by atoms with van der Waals surface area (Å²) >= 11 is 20.7. The summed E-state index contributed by atoms with van der Waals surface area (Å²) in [5, 5.41) is 3.24. The van der Waals surface area contributed by atoms with Crippen LogP contribution in [0.25, 0.3) is 0 Å². The van der Waals surface area contributed by atoms with Crippen LogP contribution in [0.3, 0.4) is 0 Å². The smallest absolute Gasteiger partial charge is 0.235 e. The number of benzene rings is 3. The van der Waals surface area contributed by atoms with Gasteiger partial charge in [0.25, 0.3) is 0 Å².